The Morgan fingerprint density at radius 1 is 1.46 bits per heavy atom. The number of carboxylic acids is 1. The fourth-order valence-corrected chi connectivity index (χ4v) is 4.99. The van der Waals surface area contributed by atoms with Crippen LogP contribution < -0.4 is 14.9 Å². The number of alkyl halides is 3. The van der Waals surface area contributed by atoms with Crippen LogP contribution in [0, 0.1) is 0 Å². The largest absolute Gasteiger partial charge is 0.573 e. The van der Waals surface area contributed by atoms with Gasteiger partial charge < -0.3 is 14.6 Å². The van der Waals surface area contributed by atoms with Gasteiger partial charge in [0.25, 0.3) is 7.44 Å². The van der Waals surface area contributed by atoms with Crippen molar-refractivity contribution in [2.75, 3.05) is 18.5 Å². The molecule has 1 unspecified atom stereocenters. The average molecular weight is 413 g/mol. The van der Waals surface area contributed by atoms with Crippen LogP contribution in [0.4, 0.5) is 18.3 Å². The molecule has 1 aromatic heterocycles. The Balaban J connectivity index is 2.25. The SMILES string of the molecule is COCP(=O)(Nc1nc2ccc(OC(F)(F)F)cc2s1)N[C@@H](C)C(=O)O. The summed E-state index contributed by atoms with van der Waals surface area (Å²) in [4.78, 5) is 15.1. The number of nitrogens with one attached hydrogen (secondary N) is 2. The molecule has 1 aromatic carbocycles. The summed E-state index contributed by atoms with van der Waals surface area (Å²) in [6, 6.07) is 2.47. The molecule has 144 valence electrons. The van der Waals surface area contributed by atoms with Crippen molar-refractivity contribution in [3.8, 4) is 5.75 Å². The highest BCUT2D eigenvalue weighted by Crippen LogP contribution is 2.44. The lowest BCUT2D eigenvalue weighted by atomic mass is 10.3. The number of aliphatic carboxylic acids is 1. The van der Waals surface area contributed by atoms with Gasteiger partial charge in [-0.3, -0.25) is 14.4 Å². The second-order valence-corrected chi connectivity index (χ2v) is 8.40. The molecule has 2 aromatic rings. The van der Waals surface area contributed by atoms with Crippen LogP contribution in [0.2, 0.25) is 0 Å². The van der Waals surface area contributed by atoms with Crippen LogP contribution in [-0.2, 0) is 14.1 Å². The summed E-state index contributed by atoms with van der Waals surface area (Å²) < 4.78 is 58.7. The molecule has 0 bridgehead atoms. The molecule has 0 radical (unpaired) electrons. The number of benzene rings is 1. The second-order valence-electron chi connectivity index (χ2n) is 5.15. The number of halogens is 3. The highest BCUT2D eigenvalue weighted by molar-refractivity contribution is 7.63. The average Bonchev–Trinajstić information content (AvgIpc) is 2.86. The van der Waals surface area contributed by atoms with E-state index in [2.05, 4.69) is 19.9 Å². The van der Waals surface area contributed by atoms with E-state index in [0.29, 0.717) is 10.2 Å². The van der Waals surface area contributed by atoms with Gasteiger partial charge in [0.15, 0.2) is 5.13 Å². The standard InChI is InChI=1S/C13H15F3N3O5PS/c1-7(11(20)21)18-25(22,6-23-2)19-12-17-9-4-3-8(5-10(9)26-12)24-13(14,15)16/h3-5,7H,6H2,1-2H3,(H,20,21)(H2,17,18,19,22)/t7-,25?/m0/s1. The van der Waals surface area contributed by atoms with Crippen LogP contribution in [0.3, 0.4) is 0 Å². The maximum Gasteiger partial charge on any atom is 0.573 e. The van der Waals surface area contributed by atoms with Gasteiger partial charge >= 0.3 is 12.3 Å². The Bertz CT molecular complexity index is 844. The van der Waals surface area contributed by atoms with Crippen LogP contribution in [-0.4, -0.2) is 41.9 Å². The molecule has 3 N–H and O–H groups in total. The first kappa shape index (κ1) is 20.4. The molecule has 26 heavy (non-hydrogen) atoms. The van der Waals surface area contributed by atoms with Crippen LogP contribution in [0.1, 0.15) is 6.92 Å². The summed E-state index contributed by atoms with van der Waals surface area (Å²) in [6.45, 7) is 1.31. The molecule has 0 amide bonds. The third-order valence-corrected chi connectivity index (χ3v) is 6.04. The number of carboxylic acid groups (broad SMARTS) is 1. The summed E-state index contributed by atoms with van der Waals surface area (Å²) in [7, 11) is -2.23. The first-order valence-corrected chi connectivity index (χ1v) is 9.75. The van der Waals surface area contributed by atoms with E-state index in [1.54, 1.807) is 0 Å². The highest BCUT2D eigenvalue weighted by atomic mass is 32.1. The van der Waals surface area contributed by atoms with Gasteiger partial charge in [0.1, 0.15) is 18.1 Å². The summed E-state index contributed by atoms with van der Waals surface area (Å²) >= 11 is 0.941. The van der Waals surface area contributed by atoms with E-state index in [1.807, 2.05) is 0 Å². The first-order chi connectivity index (χ1) is 12.0. The van der Waals surface area contributed by atoms with Gasteiger partial charge in [0, 0.05) is 13.2 Å². The van der Waals surface area contributed by atoms with Crippen molar-refractivity contribution in [3.05, 3.63) is 18.2 Å². The van der Waals surface area contributed by atoms with Gasteiger partial charge in [-0.25, -0.2) is 10.1 Å². The first-order valence-electron chi connectivity index (χ1n) is 7.04. The van der Waals surface area contributed by atoms with Crippen molar-refractivity contribution >= 4 is 40.1 Å². The molecule has 0 aliphatic heterocycles. The van der Waals surface area contributed by atoms with E-state index in [0.717, 1.165) is 23.5 Å². The summed E-state index contributed by atoms with van der Waals surface area (Å²) in [5.41, 5.74) is 0.363. The van der Waals surface area contributed by atoms with Crippen LogP contribution >= 0.6 is 18.8 Å². The number of methoxy groups -OCH3 is 1. The lowest BCUT2D eigenvalue weighted by Crippen LogP contribution is -2.34. The smallest absolute Gasteiger partial charge is 0.480 e. The van der Waals surface area contributed by atoms with E-state index in [-0.39, 0.29) is 11.5 Å². The Morgan fingerprint density at radius 3 is 2.73 bits per heavy atom. The number of hydrogen-bond acceptors (Lipinski definition) is 6. The third-order valence-electron chi connectivity index (χ3n) is 2.95. The van der Waals surface area contributed by atoms with Gasteiger partial charge in [-0.1, -0.05) is 11.3 Å². The molecular formula is C13H15F3N3O5PS. The number of ether oxygens (including phenoxy) is 2. The van der Waals surface area contributed by atoms with E-state index < -0.39 is 31.6 Å². The van der Waals surface area contributed by atoms with E-state index >= 15 is 0 Å². The van der Waals surface area contributed by atoms with Gasteiger partial charge in [-0.2, -0.15) is 0 Å². The summed E-state index contributed by atoms with van der Waals surface area (Å²) in [6.07, 6.45) is -5.13. The molecule has 13 heteroatoms. The van der Waals surface area contributed by atoms with E-state index in [9.17, 15) is 22.5 Å². The zero-order valence-corrected chi connectivity index (χ0v) is 15.2. The fourth-order valence-electron chi connectivity index (χ4n) is 1.96. The third kappa shape index (κ3) is 5.56. The van der Waals surface area contributed by atoms with E-state index in [4.69, 9.17) is 9.84 Å². The number of rotatable bonds is 8. The van der Waals surface area contributed by atoms with Gasteiger partial charge in [-0.05, 0) is 19.1 Å². The summed E-state index contributed by atoms with van der Waals surface area (Å²) in [5, 5.41) is 14.1. The number of nitrogens with zero attached hydrogens (tertiary/aromatic N) is 1. The minimum Gasteiger partial charge on any atom is -0.480 e. The molecule has 0 aliphatic rings. The lowest BCUT2D eigenvalue weighted by molar-refractivity contribution is -0.274. The van der Waals surface area contributed by atoms with Gasteiger partial charge in [0.05, 0.1) is 10.2 Å². The maximum atomic E-state index is 12.8. The van der Waals surface area contributed by atoms with Crippen molar-refractivity contribution in [2.45, 2.75) is 19.3 Å². The molecule has 0 saturated carbocycles. The maximum absolute atomic E-state index is 12.8. The molecule has 0 aliphatic carbocycles. The number of hydrogen-bond donors (Lipinski definition) is 3. The fraction of sp³-hybridized carbons (Fsp3) is 0.385. The van der Waals surface area contributed by atoms with Crippen molar-refractivity contribution < 1.29 is 37.1 Å². The zero-order valence-electron chi connectivity index (χ0n) is 13.5. The van der Waals surface area contributed by atoms with Gasteiger partial charge in [-0.15, -0.1) is 13.2 Å². The van der Waals surface area contributed by atoms with Crippen LogP contribution in [0.25, 0.3) is 10.2 Å². The molecular weight excluding hydrogens is 398 g/mol. The normalized spacial score (nSPS) is 15.4. The second kappa shape index (κ2) is 7.78. The Morgan fingerprint density at radius 2 is 2.15 bits per heavy atom. The zero-order chi connectivity index (χ0) is 19.5. The van der Waals surface area contributed by atoms with Crippen LogP contribution in [0.5, 0.6) is 5.75 Å². The van der Waals surface area contributed by atoms with Crippen LogP contribution in [0.15, 0.2) is 18.2 Å². The van der Waals surface area contributed by atoms with Gasteiger partial charge in [0.2, 0.25) is 0 Å². The lowest BCUT2D eigenvalue weighted by Gasteiger charge is -2.21. The number of fused-ring (bicyclic) bond motifs is 1. The summed E-state index contributed by atoms with van der Waals surface area (Å²) in [5.74, 6) is -1.61. The van der Waals surface area contributed by atoms with Crippen molar-refractivity contribution in [2.24, 2.45) is 0 Å². The predicted octanol–water partition coefficient (Wildman–Crippen LogP) is 3.47. The molecule has 2 rings (SSSR count). The molecule has 0 fully saturated rings. The predicted molar refractivity (Wildman–Crippen MR) is 89.6 cm³/mol. The topological polar surface area (TPSA) is 110 Å². The van der Waals surface area contributed by atoms with Crippen molar-refractivity contribution in [3.63, 3.8) is 0 Å². The highest BCUT2D eigenvalue weighted by Gasteiger charge is 2.31. The number of aromatic nitrogens is 1. The Kier molecular flexibility index (Phi) is 6.12. The molecule has 2 atom stereocenters. The number of carbonyl (C=O) groups is 1. The molecule has 0 saturated heterocycles. The number of thiazole rings is 1. The molecule has 8 nitrogen and oxygen atoms in total. The Labute approximate surface area is 149 Å². The minimum atomic E-state index is -4.81. The molecule has 1 heterocycles. The molecule has 0 spiro atoms. The quantitative estimate of drug-likeness (QED) is 0.565. The Hall–Kier alpha value is -1.88. The van der Waals surface area contributed by atoms with Crippen molar-refractivity contribution in [1.82, 2.24) is 10.1 Å². The van der Waals surface area contributed by atoms with Crippen molar-refractivity contribution in [1.29, 1.82) is 0 Å². The number of anilines is 1. The monoisotopic (exact) mass is 413 g/mol. The minimum absolute atomic E-state index is 0.134. The van der Waals surface area contributed by atoms with E-state index in [1.165, 1.54) is 20.1 Å².